The smallest absolute Gasteiger partial charge is 0.287 e. The van der Waals surface area contributed by atoms with Crippen LogP contribution in [0.1, 0.15) is 30.2 Å². The number of furan rings is 1. The average molecular weight is 197 g/mol. The Labute approximate surface area is 82.9 Å². The van der Waals surface area contributed by atoms with E-state index in [1.54, 1.807) is 19.1 Å². The van der Waals surface area contributed by atoms with Crippen LogP contribution in [0.15, 0.2) is 16.5 Å². The van der Waals surface area contributed by atoms with Gasteiger partial charge in [-0.05, 0) is 19.1 Å². The molecule has 1 aromatic rings. The second-order valence-electron chi connectivity index (χ2n) is 3.18. The lowest BCUT2D eigenvalue weighted by Crippen LogP contribution is -2.34. The molecule has 1 heterocycles. The van der Waals surface area contributed by atoms with Crippen LogP contribution in [0.2, 0.25) is 0 Å². The molecule has 78 valence electrons. The molecule has 0 saturated heterocycles. The van der Waals surface area contributed by atoms with Crippen LogP contribution in [-0.4, -0.2) is 23.7 Å². The fraction of sp³-hybridized carbons (Fsp3) is 0.500. The van der Waals surface area contributed by atoms with E-state index in [0.29, 0.717) is 5.76 Å². The van der Waals surface area contributed by atoms with E-state index >= 15 is 0 Å². The number of rotatable bonds is 4. The molecule has 0 bridgehead atoms. The summed E-state index contributed by atoms with van der Waals surface area (Å²) in [6.07, 6.45) is 0.767. The van der Waals surface area contributed by atoms with Gasteiger partial charge in [-0.25, -0.2) is 0 Å². The first-order valence-electron chi connectivity index (χ1n) is 4.67. The maximum Gasteiger partial charge on any atom is 0.287 e. The van der Waals surface area contributed by atoms with Crippen LogP contribution in [0.3, 0.4) is 0 Å². The van der Waals surface area contributed by atoms with E-state index in [1.165, 1.54) is 0 Å². The van der Waals surface area contributed by atoms with Crippen LogP contribution in [-0.2, 0) is 6.42 Å². The summed E-state index contributed by atoms with van der Waals surface area (Å²) in [7, 11) is 0. The van der Waals surface area contributed by atoms with Crippen molar-refractivity contribution in [3.63, 3.8) is 0 Å². The lowest BCUT2D eigenvalue weighted by Gasteiger charge is -2.08. The van der Waals surface area contributed by atoms with E-state index < -0.39 is 0 Å². The molecule has 0 saturated carbocycles. The molecule has 2 N–H and O–H groups in total. The molecule has 0 aliphatic carbocycles. The summed E-state index contributed by atoms with van der Waals surface area (Å²) in [5.41, 5.74) is 0. The highest BCUT2D eigenvalue weighted by atomic mass is 16.3. The molecule has 1 unspecified atom stereocenters. The van der Waals surface area contributed by atoms with Crippen molar-refractivity contribution in [1.82, 2.24) is 5.32 Å². The Bertz CT molecular complexity index is 306. The average Bonchev–Trinajstić information content (AvgIpc) is 2.65. The van der Waals surface area contributed by atoms with Gasteiger partial charge in [0.25, 0.3) is 5.91 Å². The lowest BCUT2D eigenvalue weighted by molar-refractivity contribution is 0.0892. The number of aliphatic hydroxyl groups excluding tert-OH is 1. The number of amides is 1. The molecule has 1 atom stereocenters. The van der Waals surface area contributed by atoms with E-state index in [-0.39, 0.29) is 18.6 Å². The number of hydrogen-bond acceptors (Lipinski definition) is 3. The van der Waals surface area contributed by atoms with Crippen LogP contribution in [0.5, 0.6) is 0 Å². The Morgan fingerprint density at radius 3 is 2.86 bits per heavy atom. The highest BCUT2D eigenvalue weighted by Crippen LogP contribution is 2.08. The van der Waals surface area contributed by atoms with Crippen molar-refractivity contribution >= 4 is 5.91 Å². The van der Waals surface area contributed by atoms with Gasteiger partial charge in [-0.3, -0.25) is 4.79 Å². The summed E-state index contributed by atoms with van der Waals surface area (Å²) in [6, 6.07) is 3.16. The molecule has 4 nitrogen and oxygen atoms in total. The summed E-state index contributed by atoms with van der Waals surface area (Å²) in [6.45, 7) is 3.60. The van der Waals surface area contributed by atoms with Crippen molar-refractivity contribution in [1.29, 1.82) is 0 Å². The number of aryl methyl sites for hydroxylation is 1. The van der Waals surface area contributed by atoms with E-state index in [4.69, 9.17) is 9.52 Å². The SMILES string of the molecule is CCc1ccc(C(=O)NC(C)CO)o1. The lowest BCUT2D eigenvalue weighted by atomic mass is 10.3. The van der Waals surface area contributed by atoms with E-state index in [2.05, 4.69) is 5.32 Å². The van der Waals surface area contributed by atoms with Gasteiger partial charge < -0.3 is 14.8 Å². The van der Waals surface area contributed by atoms with E-state index in [1.807, 2.05) is 6.92 Å². The fourth-order valence-electron chi connectivity index (χ4n) is 1.03. The van der Waals surface area contributed by atoms with Gasteiger partial charge in [-0.1, -0.05) is 6.92 Å². The predicted molar refractivity (Wildman–Crippen MR) is 52.1 cm³/mol. The van der Waals surface area contributed by atoms with Gasteiger partial charge in [0.1, 0.15) is 5.76 Å². The zero-order chi connectivity index (χ0) is 10.6. The number of carbonyl (C=O) groups excluding carboxylic acids is 1. The van der Waals surface area contributed by atoms with Crippen LogP contribution in [0.25, 0.3) is 0 Å². The Balaban J connectivity index is 2.60. The van der Waals surface area contributed by atoms with Crippen molar-refractivity contribution in [3.8, 4) is 0 Å². The molecule has 14 heavy (non-hydrogen) atoms. The minimum atomic E-state index is -0.286. The molecular weight excluding hydrogens is 182 g/mol. The number of aliphatic hydroxyl groups is 1. The minimum absolute atomic E-state index is 0.0763. The second-order valence-corrected chi connectivity index (χ2v) is 3.18. The van der Waals surface area contributed by atoms with Gasteiger partial charge in [-0.15, -0.1) is 0 Å². The topological polar surface area (TPSA) is 62.5 Å². The van der Waals surface area contributed by atoms with Crippen molar-refractivity contribution in [2.45, 2.75) is 26.3 Å². The molecule has 0 aliphatic heterocycles. The number of carbonyl (C=O) groups is 1. The van der Waals surface area contributed by atoms with Gasteiger partial charge >= 0.3 is 0 Å². The van der Waals surface area contributed by atoms with Gasteiger partial charge in [0.2, 0.25) is 0 Å². The highest BCUT2D eigenvalue weighted by Gasteiger charge is 2.12. The Kier molecular flexibility index (Phi) is 3.71. The molecule has 0 radical (unpaired) electrons. The monoisotopic (exact) mass is 197 g/mol. The van der Waals surface area contributed by atoms with Crippen molar-refractivity contribution in [2.24, 2.45) is 0 Å². The van der Waals surface area contributed by atoms with Crippen LogP contribution in [0, 0.1) is 0 Å². The third-order valence-electron chi connectivity index (χ3n) is 1.89. The molecule has 0 aromatic carbocycles. The standard InChI is InChI=1S/C10H15NO3/c1-3-8-4-5-9(14-8)10(13)11-7(2)6-12/h4-5,7,12H,3,6H2,1-2H3,(H,11,13). The summed E-state index contributed by atoms with van der Waals surface area (Å²) < 4.78 is 5.25. The van der Waals surface area contributed by atoms with Crippen LogP contribution < -0.4 is 5.32 Å². The van der Waals surface area contributed by atoms with Crippen molar-refractivity contribution in [3.05, 3.63) is 23.7 Å². The molecule has 0 aliphatic rings. The summed E-state index contributed by atoms with van der Waals surface area (Å²) in [5.74, 6) is 0.792. The zero-order valence-corrected chi connectivity index (χ0v) is 8.41. The maximum atomic E-state index is 11.4. The third kappa shape index (κ3) is 2.60. The predicted octanol–water partition coefficient (Wildman–Crippen LogP) is 0.953. The van der Waals surface area contributed by atoms with Crippen LogP contribution >= 0.6 is 0 Å². The van der Waals surface area contributed by atoms with Crippen molar-refractivity contribution < 1.29 is 14.3 Å². The molecular formula is C10H15NO3. The first kappa shape index (κ1) is 10.8. The Morgan fingerprint density at radius 2 is 2.36 bits per heavy atom. The highest BCUT2D eigenvalue weighted by molar-refractivity contribution is 5.91. The summed E-state index contributed by atoms with van der Waals surface area (Å²) in [5, 5.41) is 11.3. The largest absolute Gasteiger partial charge is 0.456 e. The van der Waals surface area contributed by atoms with E-state index in [0.717, 1.165) is 12.2 Å². The zero-order valence-electron chi connectivity index (χ0n) is 8.41. The first-order chi connectivity index (χ1) is 6.67. The Hall–Kier alpha value is -1.29. The van der Waals surface area contributed by atoms with E-state index in [9.17, 15) is 4.79 Å². The van der Waals surface area contributed by atoms with Gasteiger partial charge in [-0.2, -0.15) is 0 Å². The summed E-state index contributed by atoms with van der Waals surface area (Å²) >= 11 is 0. The maximum absolute atomic E-state index is 11.4. The van der Waals surface area contributed by atoms with Crippen LogP contribution in [0.4, 0.5) is 0 Å². The molecule has 1 aromatic heterocycles. The van der Waals surface area contributed by atoms with Gasteiger partial charge in [0.05, 0.1) is 6.61 Å². The molecule has 0 fully saturated rings. The molecule has 1 amide bonds. The van der Waals surface area contributed by atoms with Gasteiger partial charge in [0.15, 0.2) is 5.76 Å². The molecule has 4 heteroatoms. The number of nitrogens with one attached hydrogen (secondary N) is 1. The van der Waals surface area contributed by atoms with Crippen molar-refractivity contribution in [2.75, 3.05) is 6.61 Å². The minimum Gasteiger partial charge on any atom is -0.456 e. The quantitative estimate of drug-likeness (QED) is 0.755. The first-order valence-corrected chi connectivity index (χ1v) is 4.67. The molecule has 1 rings (SSSR count). The van der Waals surface area contributed by atoms with Gasteiger partial charge in [0, 0.05) is 12.5 Å². The normalized spacial score (nSPS) is 12.5. The Morgan fingerprint density at radius 1 is 1.64 bits per heavy atom. The molecule has 0 spiro atoms. The summed E-state index contributed by atoms with van der Waals surface area (Å²) in [4.78, 5) is 11.4. The fourth-order valence-corrected chi connectivity index (χ4v) is 1.03. The number of hydrogen-bond donors (Lipinski definition) is 2. The third-order valence-corrected chi connectivity index (χ3v) is 1.89. The second kappa shape index (κ2) is 4.81.